The van der Waals surface area contributed by atoms with Gasteiger partial charge in [-0.3, -0.25) is 0 Å². The van der Waals surface area contributed by atoms with E-state index in [1.54, 1.807) is 18.4 Å². The van der Waals surface area contributed by atoms with Gasteiger partial charge in [0.05, 0.1) is 13.2 Å². The first-order valence-corrected chi connectivity index (χ1v) is 6.29. The van der Waals surface area contributed by atoms with E-state index in [2.05, 4.69) is 22.2 Å². The highest BCUT2D eigenvalue weighted by Gasteiger charge is 2.06. The van der Waals surface area contributed by atoms with Gasteiger partial charge < -0.3 is 10.1 Å². The Morgan fingerprint density at radius 2 is 2.29 bits per heavy atom. The Morgan fingerprint density at radius 1 is 1.41 bits per heavy atom. The van der Waals surface area contributed by atoms with Crippen molar-refractivity contribution < 1.29 is 4.74 Å². The zero-order valence-corrected chi connectivity index (χ0v) is 10.7. The average Bonchev–Trinajstić information content (AvgIpc) is 2.90. The summed E-state index contributed by atoms with van der Waals surface area (Å²) in [6.07, 6.45) is 3.65. The largest absolute Gasteiger partial charge is 0.481 e. The minimum atomic E-state index is 0.261. The molecular weight excluding hydrogens is 234 g/mol. The number of nitrogens with one attached hydrogen (secondary N) is 1. The van der Waals surface area contributed by atoms with E-state index in [1.165, 1.54) is 0 Å². The van der Waals surface area contributed by atoms with Gasteiger partial charge in [-0.25, -0.2) is 9.97 Å². The summed E-state index contributed by atoms with van der Waals surface area (Å²) < 4.78 is 5.01. The molecule has 0 aliphatic carbocycles. The van der Waals surface area contributed by atoms with Gasteiger partial charge in [0, 0.05) is 30.4 Å². The first kappa shape index (κ1) is 12.0. The molecule has 0 fully saturated rings. The van der Waals surface area contributed by atoms with Crippen LogP contribution < -0.4 is 10.1 Å². The molecule has 90 valence electrons. The highest BCUT2D eigenvalue weighted by Crippen LogP contribution is 2.15. The number of aromatic nitrogens is 2. The van der Waals surface area contributed by atoms with Gasteiger partial charge in [0.1, 0.15) is 5.01 Å². The standard InChI is InChI=1S/C12H15N3OS/c1-9(12-13-5-6-17-12)14-7-10-3-4-11(16-2)15-8-10/h3-6,8-9,14H,7H2,1-2H3. The summed E-state index contributed by atoms with van der Waals surface area (Å²) in [5.74, 6) is 0.640. The SMILES string of the molecule is COc1ccc(CNC(C)c2nccs2)cn1. The third-order valence-corrected chi connectivity index (χ3v) is 3.40. The molecule has 2 aromatic heterocycles. The molecule has 1 atom stereocenters. The highest BCUT2D eigenvalue weighted by atomic mass is 32.1. The second kappa shape index (κ2) is 5.75. The zero-order valence-electron chi connectivity index (χ0n) is 9.88. The molecule has 1 N–H and O–H groups in total. The van der Waals surface area contributed by atoms with Crippen LogP contribution >= 0.6 is 11.3 Å². The third kappa shape index (κ3) is 3.25. The predicted molar refractivity (Wildman–Crippen MR) is 68.2 cm³/mol. The van der Waals surface area contributed by atoms with E-state index in [-0.39, 0.29) is 6.04 Å². The van der Waals surface area contributed by atoms with E-state index in [9.17, 15) is 0 Å². The first-order chi connectivity index (χ1) is 8.29. The second-order valence-corrected chi connectivity index (χ2v) is 4.61. The summed E-state index contributed by atoms with van der Waals surface area (Å²) in [5, 5.41) is 6.50. The van der Waals surface area contributed by atoms with Crippen LogP contribution in [0, 0.1) is 0 Å². The van der Waals surface area contributed by atoms with Gasteiger partial charge in [-0.1, -0.05) is 6.07 Å². The number of hydrogen-bond donors (Lipinski definition) is 1. The van der Waals surface area contributed by atoms with Gasteiger partial charge in [-0.15, -0.1) is 11.3 Å². The molecule has 5 heteroatoms. The quantitative estimate of drug-likeness (QED) is 0.884. The van der Waals surface area contributed by atoms with Gasteiger partial charge >= 0.3 is 0 Å². The van der Waals surface area contributed by atoms with Crippen LogP contribution in [0.1, 0.15) is 23.5 Å². The second-order valence-electron chi connectivity index (χ2n) is 3.68. The normalized spacial score (nSPS) is 12.4. The fourth-order valence-electron chi connectivity index (χ4n) is 1.44. The van der Waals surface area contributed by atoms with Crippen molar-refractivity contribution in [3.63, 3.8) is 0 Å². The van der Waals surface area contributed by atoms with Crippen LogP contribution in [-0.4, -0.2) is 17.1 Å². The van der Waals surface area contributed by atoms with E-state index in [0.29, 0.717) is 5.88 Å². The number of nitrogens with zero attached hydrogens (tertiary/aromatic N) is 2. The molecule has 2 heterocycles. The summed E-state index contributed by atoms with van der Waals surface area (Å²) in [4.78, 5) is 8.44. The number of pyridine rings is 1. The maximum absolute atomic E-state index is 5.01. The van der Waals surface area contributed by atoms with Crippen molar-refractivity contribution in [2.45, 2.75) is 19.5 Å². The highest BCUT2D eigenvalue weighted by molar-refractivity contribution is 7.09. The zero-order chi connectivity index (χ0) is 12.1. The number of ether oxygens (including phenoxy) is 1. The summed E-state index contributed by atoms with van der Waals surface area (Å²) in [7, 11) is 1.62. The number of rotatable bonds is 5. The van der Waals surface area contributed by atoms with E-state index in [1.807, 2.05) is 29.9 Å². The lowest BCUT2D eigenvalue weighted by Crippen LogP contribution is -2.17. The van der Waals surface area contributed by atoms with Crippen molar-refractivity contribution in [1.29, 1.82) is 0 Å². The van der Waals surface area contributed by atoms with Gasteiger partial charge in [-0.05, 0) is 12.5 Å². The Hall–Kier alpha value is -1.46. The topological polar surface area (TPSA) is 47.0 Å². The van der Waals surface area contributed by atoms with Crippen LogP contribution in [0.4, 0.5) is 0 Å². The molecule has 4 nitrogen and oxygen atoms in total. The first-order valence-electron chi connectivity index (χ1n) is 5.41. The van der Waals surface area contributed by atoms with Crippen LogP contribution in [0.2, 0.25) is 0 Å². The number of thiazole rings is 1. The molecular formula is C12H15N3OS. The molecule has 2 aromatic rings. The molecule has 0 saturated carbocycles. The molecule has 0 saturated heterocycles. The van der Waals surface area contributed by atoms with Crippen molar-refractivity contribution in [3.05, 3.63) is 40.5 Å². The molecule has 1 unspecified atom stereocenters. The predicted octanol–water partition coefficient (Wildman–Crippen LogP) is 2.40. The smallest absolute Gasteiger partial charge is 0.212 e. The summed E-state index contributed by atoms with van der Waals surface area (Å²) >= 11 is 1.66. The third-order valence-electron chi connectivity index (χ3n) is 2.44. The van der Waals surface area contributed by atoms with E-state index < -0.39 is 0 Å². The molecule has 2 rings (SSSR count). The van der Waals surface area contributed by atoms with E-state index in [0.717, 1.165) is 17.1 Å². The fraction of sp³-hybridized carbons (Fsp3) is 0.333. The minimum absolute atomic E-state index is 0.261. The van der Waals surface area contributed by atoms with Gasteiger partial charge in [0.15, 0.2) is 0 Å². The number of hydrogen-bond acceptors (Lipinski definition) is 5. The maximum Gasteiger partial charge on any atom is 0.212 e. The van der Waals surface area contributed by atoms with Gasteiger partial charge in [0.25, 0.3) is 0 Å². The molecule has 0 amide bonds. The minimum Gasteiger partial charge on any atom is -0.481 e. The van der Waals surface area contributed by atoms with Gasteiger partial charge in [-0.2, -0.15) is 0 Å². The van der Waals surface area contributed by atoms with E-state index >= 15 is 0 Å². The van der Waals surface area contributed by atoms with Gasteiger partial charge in [0.2, 0.25) is 5.88 Å². The van der Waals surface area contributed by atoms with E-state index in [4.69, 9.17) is 4.74 Å². The average molecular weight is 249 g/mol. The number of methoxy groups -OCH3 is 1. The molecule has 17 heavy (non-hydrogen) atoms. The Morgan fingerprint density at radius 3 is 2.88 bits per heavy atom. The molecule has 0 bridgehead atoms. The van der Waals surface area contributed by atoms with Crippen LogP contribution in [-0.2, 0) is 6.54 Å². The monoisotopic (exact) mass is 249 g/mol. The van der Waals surface area contributed by atoms with Crippen LogP contribution in [0.3, 0.4) is 0 Å². The van der Waals surface area contributed by atoms with Crippen molar-refractivity contribution in [2.24, 2.45) is 0 Å². The van der Waals surface area contributed by atoms with Crippen molar-refractivity contribution >= 4 is 11.3 Å². The van der Waals surface area contributed by atoms with Crippen LogP contribution in [0.15, 0.2) is 29.9 Å². The maximum atomic E-state index is 5.01. The lowest BCUT2D eigenvalue weighted by molar-refractivity contribution is 0.397. The molecule has 0 aliphatic rings. The Balaban J connectivity index is 1.89. The molecule has 0 radical (unpaired) electrons. The van der Waals surface area contributed by atoms with Crippen molar-refractivity contribution in [1.82, 2.24) is 15.3 Å². The Labute approximate surface area is 105 Å². The summed E-state index contributed by atoms with van der Waals surface area (Å²) in [6.45, 7) is 2.88. The summed E-state index contributed by atoms with van der Waals surface area (Å²) in [6, 6.07) is 4.13. The van der Waals surface area contributed by atoms with Crippen molar-refractivity contribution in [2.75, 3.05) is 7.11 Å². The Bertz CT molecular complexity index is 441. The lowest BCUT2D eigenvalue weighted by atomic mass is 10.2. The molecule has 0 spiro atoms. The van der Waals surface area contributed by atoms with Crippen molar-refractivity contribution in [3.8, 4) is 5.88 Å². The summed E-state index contributed by atoms with van der Waals surface area (Å²) in [5.41, 5.74) is 1.13. The lowest BCUT2D eigenvalue weighted by Gasteiger charge is -2.10. The molecule has 0 aromatic carbocycles. The fourth-order valence-corrected chi connectivity index (χ4v) is 2.11. The Kier molecular flexibility index (Phi) is 4.06. The molecule has 0 aliphatic heterocycles. The van der Waals surface area contributed by atoms with Crippen LogP contribution in [0.25, 0.3) is 0 Å². The van der Waals surface area contributed by atoms with Crippen LogP contribution in [0.5, 0.6) is 5.88 Å².